The number of nitrogens with zero attached hydrogens (tertiary/aromatic N) is 1. The van der Waals surface area contributed by atoms with Crippen LogP contribution in [0, 0.1) is 20.8 Å². The van der Waals surface area contributed by atoms with Crippen molar-refractivity contribution < 1.29 is 0 Å². The maximum absolute atomic E-state index is 6.20. The zero-order valence-electron chi connectivity index (χ0n) is 10.4. The molecule has 90 valence electrons. The second kappa shape index (κ2) is 4.84. The van der Waals surface area contributed by atoms with Gasteiger partial charge in [0.05, 0.1) is 6.54 Å². The van der Waals surface area contributed by atoms with Crippen LogP contribution in [0.3, 0.4) is 0 Å². The van der Waals surface area contributed by atoms with Crippen LogP contribution in [0.4, 0.5) is 0 Å². The minimum Gasteiger partial charge on any atom is -0.321 e. The first-order valence-corrected chi connectivity index (χ1v) is 6.09. The van der Waals surface area contributed by atoms with Gasteiger partial charge in [0.25, 0.3) is 0 Å². The number of aromatic nitrogens is 1. The minimum atomic E-state index is 0.732. The molecular formula is C14H17ClN2. The lowest BCUT2D eigenvalue weighted by Gasteiger charge is -2.13. The van der Waals surface area contributed by atoms with E-state index in [1.165, 1.54) is 17.0 Å². The molecule has 2 aromatic rings. The zero-order valence-corrected chi connectivity index (χ0v) is 11.2. The molecule has 0 amide bonds. The molecule has 1 aromatic carbocycles. The normalized spacial score (nSPS) is 10.6. The van der Waals surface area contributed by atoms with E-state index >= 15 is 0 Å². The van der Waals surface area contributed by atoms with Gasteiger partial charge in [-0.25, -0.2) is 0 Å². The Balaban J connectivity index is 2.13. The lowest BCUT2D eigenvalue weighted by atomic mass is 10.1. The summed E-state index contributed by atoms with van der Waals surface area (Å²) in [5, 5.41) is 0.819. The van der Waals surface area contributed by atoms with Crippen molar-refractivity contribution in [2.75, 3.05) is 5.43 Å². The first kappa shape index (κ1) is 12.1. The Hall–Kier alpha value is -1.41. The highest BCUT2D eigenvalue weighted by atomic mass is 35.5. The van der Waals surface area contributed by atoms with E-state index in [1.807, 2.05) is 13.0 Å². The third-order valence-corrected chi connectivity index (χ3v) is 3.26. The van der Waals surface area contributed by atoms with E-state index in [9.17, 15) is 0 Å². The zero-order chi connectivity index (χ0) is 12.4. The molecule has 17 heavy (non-hydrogen) atoms. The highest BCUT2D eigenvalue weighted by Crippen LogP contribution is 2.18. The van der Waals surface area contributed by atoms with Crippen LogP contribution in [0.1, 0.15) is 22.5 Å². The summed E-state index contributed by atoms with van der Waals surface area (Å²) in [5.41, 5.74) is 8.07. The summed E-state index contributed by atoms with van der Waals surface area (Å²) in [4.78, 5) is 0. The third-order valence-electron chi connectivity index (χ3n) is 2.91. The van der Waals surface area contributed by atoms with Gasteiger partial charge in [0, 0.05) is 16.4 Å². The largest absolute Gasteiger partial charge is 0.321 e. The van der Waals surface area contributed by atoms with Crippen molar-refractivity contribution in [1.29, 1.82) is 0 Å². The number of nitrogens with one attached hydrogen (secondary N) is 1. The molecule has 0 aliphatic rings. The Morgan fingerprint density at radius 1 is 1.06 bits per heavy atom. The number of hydrogen-bond acceptors (Lipinski definition) is 1. The molecule has 1 N–H and O–H groups in total. The fourth-order valence-corrected chi connectivity index (χ4v) is 2.18. The molecule has 1 heterocycles. The molecule has 2 rings (SSSR count). The van der Waals surface area contributed by atoms with Gasteiger partial charge in [-0.05, 0) is 50.1 Å². The van der Waals surface area contributed by atoms with Gasteiger partial charge in [-0.15, -0.1) is 0 Å². The van der Waals surface area contributed by atoms with Gasteiger partial charge in [-0.1, -0.05) is 23.7 Å². The molecular weight excluding hydrogens is 232 g/mol. The van der Waals surface area contributed by atoms with Gasteiger partial charge in [0.2, 0.25) is 0 Å². The molecule has 0 saturated heterocycles. The molecule has 2 nitrogen and oxygen atoms in total. The standard InChI is InChI=1S/C14H17ClN2/c1-10-4-7-13(14(15)8-10)9-16-17-11(2)5-6-12(17)3/h4-8,16H,9H2,1-3H3. The summed E-state index contributed by atoms with van der Waals surface area (Å²) in [6.07, 6.45) is 0. The number of benzene rings is 1. The number of rotatable bonds is 3. The van der Waals surface area contributed by atoms with E-state index in [0.717, 1.165) is 17.1 Å². The van der Waals surface area contributed by atoms with Crippen LogP contribution in [0.25, 0.3) is 0 Å². The van der Waals surface area contributed by atoms with E-state index in [2.05, 4.69) is 48.2 Å². The number of halogens is 1. The van der Waals surface area contributed by atoms with E-state index in [-0.39, 0.29) is 0 Å². The number of aryl methyl sites for hydroxylation is 3. The van der Waals surface area contributed by atoms with Crippen LogP contribution in [0.15, 0.2) is 30.3 Å². The monoisotopic (exact) mass is 248 g/mol. The summed E-state index contributed by atoms with van der Waals surface area (Å²) in [5.74, 6) is 0. The first-order valence-electron chi connectivity index (χ1n) is 5.72. The lowest BCUT2D eigenvalue weighted by molar-refractivity contribution is 0.792. The molecule has 0 saturated carbocycles. The smallest absolute Gasteiger partial charge is 0.0579 e. The van der Waals surface area contributed by atoms with E-state index in [0.29, 0.717) is 0 Å². The fourth-order valence-electron chi connectivity index (χ4n) is 1.88. The SMILES string of the molecule is Cc1ccc(CNn2c(C)ccc2C)c(Cl)c1. The highest BCUT2D eigenvalue weighted by Gasteiger charge is 2.03. The minimum absolute atomic E-state index is 0.732. The quantitative estimate of drug-likeness (QED) is 0.874. The van der Waals surface area contributed by atoms with E-state index < -0.39 is 0 Å². The first-order chi connectivity index (χ1) is 8.08. The predicted octanol–water partition coefficient (Wildman–Crippen LogP) is 3.81. The molecule has 0 fully saturated rings. The second-order valence-corrected chi connectivity index (χ2v) is 4.79. The van der Waals surface area contributed by atoms with Gasteiger partial charge in [0.1, 0.15) is 0 Å². The Kier molecular flexibility index (Phi) is 3.43. The van der Waals surface area contributed by atoms with Gasteiger partial charge in [-0.2, -0.15) is 0 Å². The summed E-state index contributed by atoms with van der Waals surface area (Å²) in [6, 6.07) is 10.3. The van der Waals surface area contributed by atoms with Crippen molar-refractivity contribution in [1.82, 2.24) is 4.68 Å². The molecule has 0 aliphatic carbocycles. The summed E-state index contributed by atoms with van der Waals surface area (Å²) in [7, 11) is 0. The Labute approximate surface area is 107 Å². The average molecular weight is 249 g/mol. The van der Waals surface area contributed by atoms with Gasteiger partial charge in [0.15, 0.2) is 0 Å². The summed E-state index contributed by atoms with van der Waals surface area (Å²) < 4.78 is 2.08. The molecule has 0 bridgehead atoms. The van der Waals surface area contributed by atoms with Crippen LogP contribution in [0.5, 0.6) is 0 Å². The molecule has 0 unspecified atom stereocenters. The molecule has 0 spiro atoms. The van der Waals surface area contributed by atoms with E-state index in [1.54, 1.807) is 0 Å². The van der Waals surface area contributed by atoms with Crippen LogP contribution in [0.2, 0.25) is 5.02 Å². The summed E-state index contributed by atoms with van der Waals surface area (Å²) in [6.45, 7) is 6.94. The van der Waals surface area contributed by atoms with Crippen molar-refractivity contribution in [3.63, 3.8) is 0 Å². The molecule has 1 aromatic heterocycles. The third kappa shape index (κ3) is 2.64. The predicted molar refractivity (Wildman–Crippen MR) is 73.2 cm³/mol. The van der Waals surface area contributed by atoms with Crippen molar-refractivity contribution >= 4 is 11.6 Å². The van der Waals surface area contributed by atoms with Crippen molar-refractivity contribution in [2.24, 2.45) is 0 Å². The van der Waals surface area contributed by atoms with Crippen LogP contribution in [-0.4, -0.2) is 4.68 Å². The number of hydrogen-bond donors (Lipinski definition) is 1. The maximum atomic E-state index is 6.20. The Morgan fingerprint density at radius 2 is 1.71 bits per heavy atom. The van der Waals surface area contributed by atoms with Crippen molar-refractivity contribution in [3.05, 3.63) is 57.9 Å². The van der Waals surface area contributed by atoms with Crippen LogP contribution >= 0.6 is 11.6 Å². The maximum Gasteiger partial charge on any atom is 0.0579 e. The van der Waals surface area contributed by atoms with Crippen molar-refractivity contribution in [3.8, 4) is 0 Å². The van der Waals surface area contributed by atoms with Crippen LogP contribution < -0.4 is 5.43 Å². The molecule has 0 radical (unpaired) electrons. The van der Waals surface area contributed by atoms with Gasteiger partial charge >= 0.3 is 0 Å². The summed E-state index contributed by atoms with van der Waals surface area (Å²) >= 11 is 6.20. The topological polar surface area (TPSA) is 17.0 Å². The Bertz CT molecular complexity index is 510. The van der Waals surface area contributed by atoms with Gasteiger partial charge < -0.3 is 5.43 Å². The van der Waals surface area contributed by atoms with Crippen molar-refractivity contribution in [2.45, 2.75) is 27.3 Å². The lowest BCUT2D eigenvalue weighted by Crippen LogP contribution is -2.17. The average Bonchev–Trinajstić information content (AvgIpc) is 2.58. The van der Waals surface area contributed by atoms with Gasteiger partial charge in [-0.3, -0.25) is 4.68 Å². The van der Waals surface area contributed by atoms with Crippen LogP contribution in [-0.2, 0) is 6.54 Å². The molecule has 0 aliphatic heterocycles. The fraction of sp³-hybridized carbons (Fsp3) is 0.286. The molecule has 0 atom stereocenters. The highest BCUT2D eigenvalue weighted by molar-refractivity contribution is 6.31. The van der Waals surface area contributed by atoms with E-state index in [4.69, 9.17) is 11.6 Å². The molecule has 3 heteroatoms. The Morgan fingerprint density at radius 3 is 2.29 bits per heavy atom. The second-order valence-electron chi connectivity index (χ2n) is 4.38.